The van der Waals surface area contributed by atoms with Gasteiger partial charge >= 0.3 is 0 Å². The van der Waals surface area contributed by atoms with E-state index in [9.17, 15) is 0 Å². The Kier molecular flexibility index (Phi) is 13.2. The van der Waals surface area contributed by atoms with Gasteiger partial charge in [-0.1, -0.05) is 46.5 Å². The van der Waals surface area contributed by atoms with Crippen LogP contribution in [-0.2, 0) is 0 Å². The van der Waals surface area contributed by atoms with Crippen LogP contribution in [0.25, 0.3) is 0 Å². The minimum Gasteiger partial charge on any atom is -0.312 e. The molecule has 0 aromatic heterocycles. The van der Waals surface area contributed by atoms with E-state index in [1.54, 1.807) is 0 Å². The Morgan fingerprint density at radius 3 is 1.75 bits per heavy atom. The van der Waals surface area contributed by atoms with E-state index in [4.69, 9.17) is 0 Å². The molecular weight excluding hydrogens is 146 g/mol. The van der Waals surface area contributed by atoms with E-state index in [1.807, 2.05) is 26.0 Å². The zero-order valence-electron chi connectivity index (χ0n) is 9.85. The summed E-state index contributed by atoms with van der Waals surface area (Å²) < 4.78 is 0. The van der Waals surface area contributed by atoms with Crippen molar-refractivity contribution in [3.05, 3.63) is 0 Å². The van der Waals surface area contributed by atoms with Gasteiger partial charge in [-0.15, -0.1) is 0 Å². The van der Waals surface area contributed by atoms with Gasteiger partial charge in [0.05, 0.1) is 0 Å². The Morgan fingerprint density at radius 1 is 1.08 bits per heavy atom. The molecule has 1 atom stereocenters. The average molecular weight is 173 g/mol. The Hall–Kier alpha value is -0.0400. The van der Waals surface area contributed by atoms with Crippen LogP contribution in [0.2, 0.25) is 0 Å². The molecule has 0 aliphatic rings. The molecule has 12 heavy (non-hydrogen) atoms. The van der Waals surface area contributed by atoms with E-state index >= 15 is 0 Å². The predicted octanol–water partition coefficient (Wildman–Crippen LogP) is 3.40. The van der Waals surface area contributed by atoms with Crippen LogP contribution in [-0.4, -0.2) is 26.0 Å². The fraction of sp³-hybridized carbons (Fsp3) is 1.00. The quantitative estimate of drug-likeness (QED) is 0.630. The van der Waals surface area contributed by atoms with E-state index in [2.05, 4.69) is 20.8 Å². The highest BCUT2D eigenvalue weighted by Crippen LogP contribution is 2.09. The number of nitrogens with zero attached hydrogens (tertiary/aromatic N) is 1. The first-order valence-electron chi connectivity index (χ1n) is 5.15. The second-order valence-electron chi connectivity index (χ2n) is 4.00. The Morgan fingerprint density at radius 2 is 1.50 bits per heavy atom. The number of rotatable bonds is 4. The van der Waals surface area contributed by atoms with Crippen LogP contribution < -0.4 is 0 Å². The second kappa shape index (κ2) is 11.0. The summed E-state index contributed by atoms with van der Waals surface area (Å²) in [5.41, 5.74) is 0. The fourth-order valence-corrected chi connectivity index (χ4v) is 0.757. The number of unbranched alkanes of at least 4 members (excludes halogenated alkanes) is 1. The molecule has 0 bridgehead atoms. The van der Waals surface area contributed by atoms with Gasteiger partial charge in [0.25, 0.3) is 0 Å². The summed E-state index contributed by atoms with van der Waals surface area (Å²) >= 11 is 0. The van der Waals surface area contributed by atoms with Crippen LogP contribution in [0.4, 0.5) is 0 Å². The van der Waals surface area contributed by atoms with Crippen molar-refractivity contribution in [3.63, 3.8) is 0 Å². The first kappa shape index (κ1) is 14.5. The topological polar surface area (TPSA) is 3.24 Å². The van der Waals surface area contributed by atoms with Crippen LogP contribution in [0.15, 0.2) is 0 Å². The van der Waals surface area contributed by atoms with Gasteiger partial charge in [0, 0.05) is 0 Å². The fourth-order valence-electron chi connectivity index (χ4n) is 0.757. The molecule has 0 N–H and O–H groups in total. The van der Waals surface area contributed by atoms with E-state index in [0.29, 0.717) is 0 Å². The number of hydrogen-bond acceptors (Lipinski definition) is 1. The number of hydrogen-bond donors (Lipinski definition) is 0. The SMILES string of the molecule is CCCCC(C)CC.CN(C)C. The van der Waals surface area contributed by atoms with Gasteiger partial charge in [0.15, 0.2) is 0 Å². The molecule has 0 aliphatic heterocycles. The summed E-state index contributed by atoms with van der Waals surface area (Å²) in [5, 5.41) is 0. The van der Waals surface area contributed by atoms with Gasteiger partial charge < -0.3 is 4.90 Å². The van der Waals surface area contributed by atoms with Crippen LogP contribution in [0.3, 0.4) is 0 Å². The summed E-state index contributed by atoms with van der Waals surface area (Å²) in [6.07, 6.45) is 5.53. The van der Waals surface area contributed by atoms with Crippen molar-refractivity contribution in [1.82, 2.24) is 4.90 Å². The zero-order chi connectivity index (χ0) is 9.98. The molecule has 0 radical (unpaired) electrons. The maximum atomic E-state index is 2.33. The molecule has 76 valence electrons. The molecule has 0 spiro atoms. The summed E-state index contributed by atoms with van der Waals surface area (Å²) in [7, 11) is 6.00. The van der Waals surface area contributed by atoms with Crippen molar-refractivity contribution >= 4 is 0 Å². The Balaban J connectivity index is 0. The molecular formula is C11H27N. The molecule has 0 saturated carbocycles. The highest BCUT2D eigenvalue weighted by atomic mass is 15.0. The third kappa shape index (κ3) is 22.5. The van der Waals surface area contributed by atoms with E-state index in [0.717, 1.165) is 5.92 Å². The largest absolute Gasteiger partial charge is 0.312 e. The Bertz CT molecular complexity index is 66.6. The normalized spacial score (nSPS) is 12.2. The van der Waals surface area contributed by atoms with Crippen molar-refractivity contribution in [2.24, 2.45) is 5.92 Å². The lowest BCUT2D eigenvalue weighted by Crippen LogP contribution is -1.99. The van der Waals surface area contributed by atoms with Crippen LogP contribution in [0.1, 0.15) is 46.5 Å². The standard InChI is InChI=1S/C8H18.C3H9N/c1-4-6-7-8(3)5-2;1-4(2)3/h8H,4-7H2,1-3H3;1-3H3. The zero-order valence-corrected chi connectivity index (χ0v) is 9.85. The van der Waals surface area contributed by atoms with Crippen LogP contribution >= 0.6 is 0 Å². The smallest absolute Gasteiger partial charge is 0.0140 e. The van der Waals surface area contributed by atoms with Crippen molar-refractivity contribution < 1.29 is 0 Å². The lowest BCUT2D eigenvalue weighted by atomic mass is 10.0. The summed E-state index contributed by atoms with van der Waals surface area (Å²) in [6, 6.07) is 0. The van der Waals surface area contributed by atoms with Gasteiger partial charge in [-0.3, -0.25) is 0 Å². The van der Waals surface area contributed by atoms with Crippen molar-refractivity contribution in [3.8, 4) is 0 Å². The summed E-state index contributed by atoms with van der Waals surface area (Å²) in [6.45, 7) is 6.85. The second-order valence-corrected chi connectivity index (χ2v) is 4.00. The van der Waals surface area contributed by atoms with Gasteiger partial charge in [0.1, 0.15) is 0 Å². The molecule has 0 rings (SSSR count). The highest BCUT2D eigenvalue weighted by molar-refractivity contribution is 4.47. The molecule has 0 aliphatic carbocycles. The molecule has 0 amide bonds. The monoisotopic (exact) mass is 173 g/mol. The van der Waals surface area contributed by atoms with Crippen molar-refractivity contribution in [2.45, 2.75) is 46.5 Å². The molecule has 0 aromatic carbocycles. The Labute approximate surface area is 79.2 Å². The molecule has 1 nitrogen and oxygen atoms in total. The van der Waals surface area contributed by atoms with Crippen molar-refractivity contribution in [2.75, 3.05) is 21.1 Å². The van der Waals surface area contributed by atoms with Gasteiger partial charge in [-0.2, -0.15) is 0 Å². The van der Waals surface area contributed by atoms with Gasteiger partial charge in [-0.05, 0) is 27.1 Å². The summed E-state index contributed by atoms with van der Waals surface area (Å²) in [4.78, 5) is 2.00. The summed E-state index contributed by atoms with van der Waals surface area (Å²) in [5.74, 6) is 0.954. The van der Waals surface area contributed by atoms with Gasteiger partial charge in [-0.25, -0.2) is 0 Å². The van der Waals surface area contributed by atoms with Gasteiger partial charge in [0.2, 0.25) is 0 Å². The molecule has 1 unspecified atom stereocenters. The van der Waals surface area contributed by atoms with E-state index in [-0.39, 0.29) is 0 Å². The van der Waals surface area contributed by atoms with E-state index in [1.165, 1.54) is 25.7 Å². The first-order chi connectivity index (χ1) is 5.54. The molecule has 0 fully saturated rings. The first-order valence-corrected chi connectivity index (χ1v) is 5.15. The lowest BCUT2D eigenvalue weighted by Gasteiger charge is -2.04. The van der Waals surface area contributed by atoms with E-state index < -0.39 is 0 Å². The molecule has 0 saturated heterocycles. The van der Waals surface area contributed by atoms with Crippen LogP contribution in [0.5, 0.6) is 0 Å². The minimum absolute atomic E-state index is 0.954. The molecule has 0 aromatic rings. The predicted molar refractivity (Wildman–Crippen MR) is 58.6 cm³/mol. The van der Waals surface area contributed by atoms with Crippen LogP contribution in [0, 0.1) is 5.92 Å². The third-order valence-corrected chi connectivity index (χ3v) is 1.75. The average Bonchev–Trinajstić information content (AvgIpc) is 1.99. The maximum Gasteiger partial charge on any atom is -0.0140 e. The lowest BCUT2D eigenvalue weighted by molar-refractivity contribution is 0.492. The third-order valence-electron chi connectivity index (χ3n) is 1.75. The molecule has 0 heterocycles. The van der Waals surface area contributed by atoms with Crippen molar-refractivity contribution in [1.29, 1.82) is 0 Å². The highest BCUT2D eigenvalue weighted by Gasteiger charge is 1.94. The maximum absolute atomic E-state index is 2.33. The minimum atomic E-state index is 0.954. The molecule has 1 heteroatoms.